The van der Waals surface area contributed by atoms with E-state index in [1.54, 1.807) is 0 Å². The highest BCUT2D eigenvalue weighted by Gasteiger charge is 2.33. The first kappa shape index (κ1) is 7.53. The Morgan fingerprint density at radius 1 is 1.45 bits per heavy atom. The van der Waals surface area contributed by atoms with E-state index >= 15 is 0 Å². The van der Waals surface area contributed by atoms with Crippen molar-refractivity contribution in [3.05, 3.63) is 0 Å². The number of piperazine rings is 1. The number of aliphatic hydroxyl groups is 1. The summed E-state index contributed by atoms with van der Waals surface area (Å²) >= 11 is 0. The topological polar surface area (TPSA) is 35.5 Å². The van der Waals surface area contributed by atoms with Gasteiger partial charge in [0.1, 0.15) is 0 Å². The van der Waals surface area contributed by atoms with Crippen LogP contribution in [0.5, 0.6) is 0 Å². The zero-order valence-electron chi connectivity index (χ0n) is 6.79. The van der Waals surface area contributed by atoms with E-state index < -0.39 is 0 Å². The molecule has 2 N–H and O–H groups in total. The lowest BCUT2D eigenvalue weighted by Gasteiger charge is -2.33. The second-order valence-corrected chi connectivity index (χ2v) is 3.51. The first-order valence-corrected chi connectivity index (χ1v) is 4.49. The Labute approximate surface area is 67.4 Å². The fraction of sp³-hybridized carbons (Fsp3) is 1.00. The lowest BCUT2D eigenvalue weighted by Crippen LogP contribution is -2.51. The van der Waals surface area contributed by atoms with Gasteiger partial charge in [-0.1, -0.05) is 0 Å². The minimum Gasteiger partial charge on any atom is -0.395 e. The molecule has 2 aliphatic heterocycles. The monoisotopic (exact) mass is 156 g/mol. The second-order valence-electron chi connectivity index (χ2n) is 3.51. The summed E-state index contributed by atoms with van der Waals surface area (Å²) in [5.74, 6) is 0. The SMILES string of the molecule is OCC1CC[C@H]2CNCCN12. The summed E-state index contributed by atoms with van der Waals surface area (Å²) in [6, 6.07) is 1.17. The molecule has 0 radical (unpaired) electrons. The number of fused-ring (bicyclic) bond motifs is 1. The van der Waals surface area contributed by atoms with Gasteiger partial charge in [-0.2, -0.15) is 0 Å². The Morgan fingerprint density at radius 2 is 2.36 bits per heavy atom. The number of nitrogens with zero attached hydrogens (tertiary/aromatic N) is 1. The summed E-state index contributed by atoms with van der Waals surface area (Å²) in [5.41, 5.74) is 0. The third-order valence-corrected chi connectivity index (χ3v) is 2.91. The maximum absolute atomic E-state index is 9.04. The van der Waals surface area contributed by atoms with E-state index in [-0.39, 0.29) is 0 Å². The van der Waals surface area contributed by atoms with Crippen LogP contribution in [-0.4, -0.2) is 48.3 Å². The van der Waals surface area contributed by atoms with Gasteiger partial charge < -0.3 is 10.4 Å². The van der Waals surface area contributed by atoms with Crippen LogP contribution >= 0.6 is 0 Å². The molecule has 11 heavy (non-hydrogen) atoms. The van der Waals surface area contributed by atoms with E-state index in [0.29, 0.717) is 18.7 Å². The molecule has 0 bridgehead atoms. The molecule has 0 spiro atoms. The summed E-state index contributed by atoms with van der Waals surface area (Å²) in [6.07, 6.45) is 2.45. The Balaban J connectivity index is 1.98. The average Bonchev–Trinajstić information content (AvgIpc) is 2.47. The first-order valence-electron chi connectivity index (χ1n) is 4.49. The largest absolute Gasteiger partial charge is 0.395 e. The van der Waals surface area contributed by atoms with Crippen molar-refractivity contribution in [2.75, 3.05) is 26.2 Å². The van der Waals surface area contributed by atoms with Crippen molar-refractivity contribution in [2.45, 2.75) is 24.9 Å². The van der Waals surface area contributed by atoms with Crippen molar-refractivity contribution in [1.29, 1.82) is 0 Å². The zero-order valence-corrected chi connectivity index (χ0v) is 6.79. The molecule has 0 saturated carbocycles. The summed E-state index contributed by atoms with van der Waals surface area (Å²) in [7, 11) is 0. The molecule has 1 unspecified atom stereocenters. The van der Waals surface area contributed by atoms with E-state index in [4.69, 9.17) is 5.11 Å². The van der Waals surface area contributed by atoms with Gasteiger partial charge in [0, 0.05) is 31.7 Å². The average molecular weight is 156 g/mol. The van der Waals surface area contributed by atoms with Gasteiger partial charge in [0.25, 0.3) is 0 Å². The van der Waals surface area contributed by atoms with E-state index in [1.165, 1.54) is 12.8 Å². The molecule has 0 aromatic heterocycles. The van der Waals surface area contributed by atoms with Crippen molar-refractivity contribution in [3.63, 3.8) is 0 Å². The maximum atomic E-state index is 9.04. The molecular weight excluding hydrogens is 140 g/mol. The molecule has 0 aliphatic carbocycles. The molecule has 64 valence electrons. The number of hydrogen-bond acceptors (Lipinski definition) is 3. The van der Waals surface area contributed by atoms with Crippen molar-refractivity contribution in [2.24, 2.45) is 0 Å². The Bertz CT molecular complexity index is 134. The van der Waals surface area contributed by atoms with Crippen LogP contribution in [-0.2, 0) is 0 Å². The minimum atomic E-state index is 0.344. The summed E-state index contributed by atoms with van der Waals surface area (Å²) in [6.45, 7) is 3.68. The van der Waals surface area contributed by atoms with Crippen molar-refractivity contribution < 1.29 is 5.11 Å². The molecule has 0 aromatic carbocycles. The molecule has 2 saturated heterocycles. The van der Waals surface area contributed by atoms with Crippen LogP contribution in [0.2, 0.25) is 0 Å². The highest BCUT2D eigenvalue weighted by Crippen LogP contribution is 2.24. The molecule has 2 atom stereocenters. The Kier molecular flexibility index (Phi) is 2.11. The van der Waals surface area contributed by atoms with Crippen LogP contribution in [0.25, 0.3) is 0 Å². The fourth-order valence-electron chi connectivity index (χ4n) is 2.27. The molecule has 3 nitrogen and oxygen atoms in total. The lowest BCUT2D eigenvalue weighted by molar-refractivity contribution is 0.112. The van der Waals surface area contributed by atoms with Crippen molar-refractivity contribution in [3.8, 4) is 0 Å². The summed E-state index contributed by atoms with van der Waals surface area (Å²) in [4.78, 5) is 2.45. The number of hydrogen-bond donors (Lipinski definition) is 2. The smallest absolute Gasteiger partial charge is 0.0587 e. The van der Waals surface area contributed by atoms with Crippen molar-refractivity contribution >= 4 is 0 Å². The third-order valence-electron chi connectivity index (χ3n) is 2.91. The van der Waals surface area contributed by atoms with Crippen LogP contribution in [0.4, 0.5) is 0 Å². The van der Waals surface area contributed by atoms with E-state index in [0.717, 1.165) is 19.6 Å². The molecular formula is C8H16N2O. The van der Waals surface area contributed by atoms with Crippen LogP contribution < -0.4 is 5.32 Å². The van der Waals surface area contributed by atoms with E-state index in [9.17, 15) is 0 Å². The molecule has 2 fully saturated rings. The molecule has 0 amide bonds. The van der Waals surface area contributed by atoms with Gasteiger partial charge in [0.2, 0.25) is 0 Å². The lowest BCUT2D eigenvalue weighted by atomic mass is 10.2. The van der Waals surface area contributed by atoms with Gasteiger partial charge in [-0.25, -0.2) is 0 Å². The Hall–Kier alpha value is -0.120. The number of nitrogens with one attached hydrogen (secondary N) is 1. The second kappa shape index (κ2) is 3.09. The van der Waals surface area contributed by atoms with Crippen LogP contribution in [0.15, 0.2) is 0 Å². The molecule has 2 rings (SSSR count). The predicted molar refractivity (Wildman–Crippen MR) is 43.5 cm³/mol. The quantitative estimate of drug-likeness (QED) is 0.533. The standard InChI is InChI=1S/C8H16N2O/c11-6-8-2-1-7-5-9-3-4-10(7)8/h7-9,11H,1-6H2/t7-,8?/m0/s1. The normalized spacial score (nSPS) is 39.0. The van der Waals surface area contributed by atoms with Gasteiger partial charge in [0.05, 0.1) is 6.61 Å². The number of rotatable bonds is 1. The van der Waals surface area contributed by atoms with Gasteiger partial charge in [-0.15, -0.1) is 0 Å². The predicted octanol–water partition coefficient (Wildman–Crippen LogP) is -0.585. The van der Waals surface area contributed by atoms with Crippen LogP contribution in [0, 0.1) is 0 Å². The molecule has 2 aliphatic rings. The van der Waals surface area contributed by atoms with Crippen LogP contribution in [0.3, 0.4) is 0 Å². The summed E-state index contributed by atoms with van der Waals surface area (Å²) < 4.78 is 0. The van der Waals surface area contributed by atoms with Crippen molar-refractivity contribution in [1.82, 2.24) is 10.2 Å². The van der Waals surface area contributed by atoms with Gasteiger partial charge >= 0.3 is 0 Å². The van der Waals surface area contributed by atoms with Gasteiger partial charge in [-0.05, 0) is 12.8 Å². The molecule has 3 heteroatoms. The van der Waals surface area contributed by atoms with Gasteiger partial charge in [-0.3, -0.25) is 4.90 Å². The highest BCUT2D eigenvalue weighted by molar-refractivity contribution is 4.91. The number of aliphatic hydroxyl groups excluding tert-OH is 1. The van der Waals surface area contributed by atoms with E-state index in [2.05, 4.69) is 10.2 Å². The first-order chi connectivity index (χ1) is 5.42. The zero-order chi connectivity index (χ0) is 7.68. The highest BCUT2D eigenvalue weighted by atomic mass is 16.3. The van der Waals surface area contributed by atoms with E-state index in [1.807, 2.05) is 0 Å². The molecule has 2 heterocycles. The van der Waals surface area contributed by atoms with Crippen LogP contribution in [0.1, 0.15) is 12.8 Å². The third kappa shape index (κ3) is 1.28. The summed E-state index contributed by atoms with van der Waals surface area (Å²) in [5, 5.41) is 12.4. The Morgan fingerprint density at radius 3 is 3.18 bits per heavy atom. The van der Waals surface area contributed by atoms with Gasteiger partial charge in [0.15, 0.2) is 0 Å². The maximum Gasteiger partial charge on any atom is 0.0587 e. The molecule has 0 aromatic rings. The minimum absolute atomic E-state index is 0.344. The fourth-order valence-corrected chi connectivity index (χ4v) is 2.27.